The van der Waals surface area contributed by atoms with E-state index in [0.717, 1.165) is 29.5 Å². The molecule has 1 unspecified atom stereocenters. The third-order valence-corrected chi connectivity index (χ3v) is 5.42. The standard InChI is InChI=1S/C18H19NO5S2.Na/c1-13(20)25-12-15(11-14-5-3-2-4-6-14)18(21)19-16-7-9-17(10-8-16)26(22,23)24;/h2-10,15H,11-12H2,1H3,(H,19,21)(H,22,23,24);/q;+1/p-1. The Kier molecular flexibility index (Phi) is 9.72. The summed E-state index contributed by atoms with van der Waals surface area (Å²) in [6.45, 7) is 1.45. The van der Waals surface area contributed by atoms with Gasteiger partial charge in [0.1, 0.15) is 10.1 Å². The van der Waals surface area contributed by atoms with Gasteiger partial charge in [-0.15, -0.1) is 0 Å². The first-order valence-corrected chi connectivity index (χ1v) is 10.2. The van der Waals surface area contributed by atoms with Crippen LogP contribution in [0.5, 0.6) is 0 Å². The SMILES string of the molecule is CC(=O)SCC(Cc1ccccc1)C(=O)Nc1ccc(S(=O)(=O)[O-])cc1.[Na+]. The number of anilines is 1. The summed E-state index contributed by atoms with van der Waals surface area (Å²) < 4.78 is 32.8. The molecule has 0 aromatic heterocycles. The van der Waals surface area contributed by atoms with Crippen LogP contribution in [0.15, 0.2) is 59.5 Å². The number of hydrogen-bond donors (Lipinski definition) is 1. The van der Waals surface area contributed by atoms with Crippen LogP contribution in [0.3, 0.4) is 0 Å². The van der Waals surface area contributed by atoms with Gasteiger partial charge in [0.2, 0.25) is 5.91 Å². The van der Waals surface area contributed by atoms with Crippen molar-refractivity contribution in [2.24, 2.45) is 5.92 Å². The molecule has 27 heavy (non-hydrogen) atoms. The van der Waals surface area contributed by atoms with Gasteiger partial charge in [0.05, 0.1) is 10.8 Å². The predicted octanol–water partition coefficient (Wildman–Crippen LogP) is -0.328. The number of carbonyl (C=O) groups is 2. The summed E-state index contributed by atoms with van der Waals surface area (Å²) in [5.74, 6) is -0.377. The van der Waals surface area contributed by atoms with E-state index in [1.54, 1.807) is 0 Å². The largest absolute Gasteiger partial charge is 1.00 e. The van der Waals surface area contributed by atoms with Gasteiger partial charge in [-0.3, -0.25) is 9.59 Å². The van der Waals surface area contributed by atoms with E-state index < -0.39 is 16.0 Å². The second-order valence-corrected chi connectivity index (χ2v) is 8.23. The van der Waals surface area contributed by atoms with Crippen LogP contribution in [0, 0.1) is 5.92 Å². The zero-order chi connectivity index (χ0) is 19.2. The van der Waals surface area contributed by atoms with Crippen molar-refractivity contribution in [3.8, 4) is 0 Å². The maximum Gasteiger partial charge on any atom is 1.00 e. The number of nitrogens with one attached hydrogen (secondary N) is 1. The van der Waals surface area contributed by atoms with Gasteiger partial charge in [-0.25, -0.2) is 8.42 Å². The van der Waals surface area contributed by atoms with Crippen LogP contribution in [-0.4, -0.2) is 29.7 Å². The molecule has 2 aromatic rings. The number of rotatable bonds is 7. The Morgan fingerprint density at radius 2 is 1.67 bits per heavy atom. The zero-order valence-corrected chi connectivity index (χ0v) is 18.7. The first-order chi connectivity index (χ1) is 12.3. The predicted molar refractivity (Wildman–Crippen MR) is 99.8 cm³/mol. The number of benzene rings is 2. The molecule has 1 amide bonds. The van der Waals surface area contributed by atoms with E-state index in [0.29, 0.717) is 17.9 Å². The molecular weight excluding hydrogens is 397 g/mol. The molecule has 9 heteroatoms. The van der Waals surface area contributed by atoms with Gasteiger partial charge in [-0.1, -0.05) is 42.1 Å². The topological polar surface area (TPSA) is 103 Å². The van der Waals surface area contributed by atoms with Crippen LogP contribution in [0.25, 0.3) is 0 Å². The minimum Gasteiger partial charge on any atom is -0.744 e. The van der Waals surface area contributed by atoms with Crippen molar-refractivity contribution in [2.45, 2.75) is 18.2 Å². The monoisotopic (exact) mass is 415 g/mol. The zero-order valence-electron chi connectivity index (χ0n) is 15.0. The number of carbonyl (C=O) groups excluding carboxylic acids is 2. The van der Waals surface area contributed by atoms with Crippen LogP contribution in [0.2, 0.25) is 0 Å². The summed E-state index contributed by atoms with van der Waals surface area (Å²) in [7, 11) is -4.53. The normalized spacial score (nSPS) is 11.9. The van der Waals surface area contributed by atoms with Crippen LogP contribution >= 0.6 is 11.8 Å². The van der Waals surface area contributed by atoms with Gasteiger partial charge in [-0.05, 0) is 36.2 Å². The van der Waals surface area contributed by atoms with E-state index in [4.69, 9.17) is 0 Å². The molecule has 1 N–H and O–H groups in total. The quantitative estimate of drug-likeness (QED) is 0.491. The third-order valence-electron chi connectivity index (χ3n) is 3.59. The van der Waals surface area contributed by atoms with Gasteiger partial charge in [0.25, 0.3) is 0 Å². The molecule has 0 heterocycles. The van der Waals surface area contributed by atoms with Crippen molar-refractivity contribution in [2.75, 3.05) is 11.1 Å². The van der Waals surface area contributed by atoms with Gasteiger partial charge in [0.15, 0.2) is 5.12 Å². The fraction of sp³-hybridized carbons (Fsp3) is 0.222. The second-order valence-electron chi connectivity index (χ2n) is 5.66. The number of amides is 1. The minimum absolute atomic E-state index is 0. The summed E-state index contributed by atoms with van der Waals surface area (Å²) in [4.78, 5) is 23.5. The van der Waals surface area contributed by atoms with Crippen molar-refractivity contribution in [3.05, 3.63) is 60.2 Å². The van der Waals surface area contributed by atoms with E-state index in [1.807, 2.05) is 30.3 Å². The molecule has 2 rings (SSSR count). The van der Waals surface area contributed by atoms with Crippen LogP contribution < -0.4 is 34.9 Å². The van der Waals surface area contributed by atoms with Crippen LogP contribution in [0.4, 0.5) is 5.69 Å². The van der Waals surface area contributed by atoms with Crippen LogP contribution in [0.1, 0.15) is 12.5 Å². The first-order valence-electron chi connectivity index (χ1n) is 7.80. The molecule has 138 valence electrons. The summed E-state index contributed by atoms with van der Waals surface area (Å²) >= 11 is 1.08. The van der Waals surface area contributed by atoms with E-state index in [-0.39, 0.29) is 45.5 Å². The van der Waals surface area contributed by atoms with Crippen molar-refractivity contribution in [1.82, 2.24) is 0 Å². The molecule has 0 fully saturated rings. The molecule has 0 aliphatic heterocycles. The summed E-state index contributed by atoms with van der Waals surface area (Å²) in [5.41, 5.74) is 1.36. The maximum absolute atomic E-state index is 12.6. The molecular formula is C18H18NNaO5S2. The molecule has 0 bridgehead atoms. The Morgan fingerprint density at radius 3 is 2.19 bits per heavy atom. The van der Waals surface area contributed by atoms with E-state index in [2.05, 4.69) is 5.32 Å². The van der Waals surface area contributed by atoms with Gasteiger partial charge in [-0.2, -0.15) is 0 Å². The summed E-state index contributed by atoms with van der Waals surface area (Å²) in [6, 6.07) is 14.5. The molecule has 0 aliphatic carbocycles. The van der Waals surface area contributed by atoms with Gasteiger partial charge >= 0.3 is 29.6 Å². The minimum atomic E-state index is -4.53. The molecule has 1 atom stereocenters. The molecule has 6 nitrogen and oxygen atoms in total. The number of hydrogen-bond acceptors (Lipinski definition) is 6. The van der Waals surface area contributed by atoms with E-state index >= 15 is 0 Å². The van der Waals surface area contributed by atoms with Crippen molar-refractivity contribution in [3.63, 3.8) is 0 Å². The molecule has 0 aliphatic rings. The Balaban J connectivity index is 0.00000364. The third kappa shape index (κ3) is 8.16. The van der Waals surface area contributed by atoms with Crippen LogP contribution in [-0.2, 0) is 26.1 Å². The summed E-state index contributed by atoms with van der Waals surface area (Å²) in [5, 5.41) is 2.64. The average Bonchev–Trinajstić information content (AvgIpc) is 2.59. The smallest absolute Gasteiger partial charge is 0.744 e. The van der Waals surface area contributed by atoms with Gasteiger partial charge in [0, 0.05) is 18.4 Å². The average molecular weight is 415 g/mol. The van der Waals surface area contributed by atoms with E-state index in [9.17, 15) is 22.6 Å². The van der Waals surface area contributed by atoms with Crippen molar-refractivity contribution >= 4 is 38.6 Å². The second kappa shape index (κ2) is 11.0. The maximum atomic E-state index is 12.6. The Hall–Kier alpha value is -1.16. The fourth-order valence-electron chi connectivity index (χ4n) is 2.29. The summed E-state index contributed by atoms with van der Waals surface area (Å²) in [6.07, 6.45) is 0.472. The Bertz CT molecular complexity index is 870. The van der Waals surface area contributed by atoms with Crippen molar-refractivity contribution < 1.29 is 52.1 Å². The Labute approximate surface area is 185 Å². The van der Waals surface area contributed by atoms with E-state index in [1.165, 1.54) is 19.1 Å². The molecule has 0 spiro atoms. The van der Waals surface area contributed by atoms with Gasteiger partial charge < -0.3 is 9.87 Å². The first kappa shape index (κ1) is 23.9. The number of thioether (sulfide) groups is 1. The fourth-order valence-corrected chi connectivity index (χ4v) is 3.47. The van der Waals surface area contributed by atoms with Crippen molar-refractivity contribution in [1.29, 1.82) is 0 Å². The molecule has 0 saturated carbocycles. The molecule has 0 saturated heterocycles. The Morgan fingerprint density at radius 1 is 1.07 bits per heavy atom. The molecule has 2 aromatic carbocycles. The molecule has 0 radical (unpaired) electrons.